The van der Waals surface area contributed by atoms with E-state index in [0.717, 1.165) is 22.7 Å². The minimum Gasteiger partial charge on any atom is -0.490 e. The highest BCUT2D eigenvalue weighted by Gasteiger charge is 2.14. The topological polar surface area (TPSA) is 41.3 Å². The van der Waals surface area contributed by atoms with Gasteiger partial charge < -0.3 is 10.1 Å². The van der Waals surface area contributed by atoms with Crippen LogP contribution in [0, 0.1) is 4.91 Å². The largest absolute Gasteiger partial charge is 0.490 e. The Morgan fingerprint density at radius 2 is 2.38 bits per heavy atom. The Morgan fingerprint density at radius 1 is 1.54 bits per heavy atom. The lowest BCUT2D eigenvalue weighted by Gasteiger charge is -2.18. The van der Waals surface area contributed by atoms with Gasteiger partial charge in [0, 0.05) is 28.3 Å². The van der Waals surface area contributed by atoms with Gasteiger partial charge in [-0.3, -0.25) is 0 Å². The lowest BCUT2D eigenvalue weighted by molar-refractivity contribution is -0.428. The molecule has 0 atom stereocenters. The lowest BCUT2D eigenvalue weighted by Crippen LogP contribution is -2.17. The summed E-state index contributed by atoms with van der Waals surface area (Å²) in [5, 5.41) is 3.17. The van der Waals surface area contributed by atoms with Gasteiger partial charge in [-0.15, -0.1) is 0 Å². The maximum atomic E-state index is 11.0. The standard InChI is InChI=1S/C9H11N2O2/c1-11(12)7-2-3-9-8(6-7)10-4-5-13-9/h2-3,6,10H,4-5H2,1H3/q+1. The Bertz CT molecular complexity index is 349. The van der Waals surface area contributed by atoms with Crippen molar-refractivity contribution in [2.45, 2.75) is 0 Å². The smallest absolute Gasteiger partial charge is 0.257 e. The Kier molecular flexibility index (Phi) is 1.88. The summed E-state index contributed by atoms with van der Waals surface area (Å²) in [5.41, 5.74) is 1.53. The van der Waals surface area contributed by atoms with Crippen molar-refractivity contribution >= 4 is 11.4 Å². The summed E-state index contributed by atoms with van der Waals surface area (Å²) in [5.74, 6) is 0.817. The fraction of sp³-hybridized carbons (Fsp3) is 0.333. The molecule has 4 heteroatoms. The molecule has 0 unspecified atom stereocenters. The van der Waals surface area contributed by atoms with Crippen molar-refractivity contribution in [1.29, 1.82) is 0 Å². The van der Waals surface area contributed by atoms with Crippen LogP contribution in [0.25, 0.3) is 0 Å². The molecule has 0 aliphatic carbocycles. The van der Waals surface area contributed by atoms with E-state index in [-0.39, 0.29) is 0 Å². The van der Waals surface area contributed by atoms with Gasteiger partial charge in [-0.05, 0) is 6.07 Å². The first-order chi connectivity index (χ1) is 6.27. The molecule has 68 valence electrons. The van der Waals surface area contributed by atoms with Crippen LogP contribution in [0.3, 0.4) is 0 Å². The van der Waals surface area contributed by atoms with Crippen LogP contribution in [0.4, 0.5) is 11.4 Å². The van der Waals surface area contributed by atoms with Crippen LogP contribution in [-0.4, -0.2) is 25.0 Å². The van der Waals surface area contributed by atoms with Crippen molar-refractivity contribution in [2.24, 2.45) is 0 Å². The summed E-state index contributed by atoms with van der Waals surface area (Å²) in [6.07, 6.45) is 0. The molecule has 0 amide bonds. The van der Waals surface area contributed by atoms with E-state index in [1.807, 2.05) is 6.07 Å². The summed E-state index contributed by atoms with van der Waals surface area (Å²) in [6.45, 7) is 1.47. The summed E-state index contributed by atoms with van der Waals surface area (Å²) >= 11 is 0. The third kappa shape index (κ3) is 1.47. The Morgan fingerprint density at radius 3 is 3.15 bits per heavy atom. The predicted octanol–water partition coefficient (Wildman–Crippen LogP) is 1.53. The Labute approximate surface area is 76.1 Å². The SMILES string of the molecule is C[N+](=O)c1ccc2c(c1)NCCO2. The Balaban J connectivity index is 2.40. The number of hydrogen-bond donors (Lipinski definition) is 1. The summed E-state index contributed by atoms with van der Waals surface area (Å²) < 4.78 is 6.21. The summed E-state index contributed by atoms with van der Waals surface area (Å²) in [4.78, 5) is 11.0. The third-order valence-corrected chi connectivity index (χ3v) is 2.00. The number of ether oxygens (including phenoxy) is 1. The van der Waals surface area contributed by atoms with Gasteiger partial charge in [-0.1, -0.05) is 0 Å². The van der Waals surface area contributed by atoms with E-state index in [0.29, 0.717) is 12.3 Å². The van der Waals surface area contributed by atoms with E-state index in [1.54, 1.807) is 12.1 Å². The van der Waals surface area contributed by atoms with Gasteiger partial charge in [0.1, 0.15) is 12.4 Å². The molecule has 0 saturated carbocycles. The first-order valence-electron chi connectivity index (χ1n) is 4.19. The van der Waals surface area contributed by atoms with Crippen molar-refractivity contribution in [2.75, 3.05) is 25.5 Å². The van der Waals surface area contributed by atoms with Gasteiger partial charge >= 0.3 is 0 Å². The van der Waals surface area contributed by atoms with Crippen LogP contribution in [0.5, 0.6) is 5.75 Å². The Hall–Kier alpha value is -1.58. The first-order valence-corrected chi connectivity index (χ1v) is 4.19. The summed E-state index contributed by atoms with van der Waals surface area (Å²) in [7, 11) is 1.48. The monoisotopic (exact) mass is 179 g/mol. The fourth-order valence-electron chi connectivity index (χ4n) is 1.32. The molecular weight excluding hydrogens is 168 g/mol. The molecule has 13 heavy (non-hydrogen) atoms. The van der Waals surface area contributed by atoms with Gasteiger partial charge in [0.05, 0.1) is 5.69 Å². The van der Waals surface area contributed by atoms with E-state index in [9.17, 15) is 4.91 Å². The van der Waals surface area contributed by atoms with Gasteiger partial charge in [0.25, 0.3) is 5.69 Å². The van der Waals surface area contributed by atoms with Crippen LogP contribution in [0.2, 0.25) is 0 Å². The highest BCUT2D eigenvalue weighted by atomic mass is 16.5. The maximum Gasteiger partial charge on any atom is 0.257 e. The fourth-order valence-corrected chi connectivity index (χ4v) is 1.32. The van der Waals surface area contributed by atoms with Crippen molar-refractivity contribution in [3.8, 4) is 5.75 Å². The second-order valence-corrected chi connectivity index (χ2v) is 2.95. The predicted molar refractivity (Wildman–Crippen MR) is 49.6 cm³/mol. The average molecular weight is 179 g/mol. The molecule has 0 spiro atoms. The molecule has 1 aliphatic rings. The number of benzene rings is 1. The minimum atomic E-state index is 0.636. The molecule has 1 aromatic carbocycles. The van der Waals surface area contributed by atoms with Crippen molar-refractivity contribution in [3.63, 3.8) is 0 Å². The lowest BCUT2D eigenvalue weighted by atomic mass is 10.2. The van der Waals surface area contributed by atoms with E-state index >= 15 is 0 Å². The third-order valence-electron chi connectivity index (χ3n) is 2.00. The van der Waals surface area contributed by atoms with Crippen LogP contribution in [-0.2, 0) is 0 Å². The zero-order valence-corrected chi connectivity index (χ0v) is 7.41. The molecule has 4 nitrogen and oxygen atoms in total. The normalized spacial score (nSPS) is 13.9. The number of nitroso groups, excluding NO2 is 1. The maximum absolute atomic E-state index is 11.0. The number of anilines is 1. The van der Waals surface area contributed by atoms with Gasteiger partial charge in [0.15, 0.2) is 7.05 Å². The highest BCUT2D eigenvalue weighted by Crippen LogP contribution is 2.30. The van der Waals surface area contributed by atoms with Crippen LogP contribution in [0.1, 0.15) is 0 Å². The van der Waals surface area contributed by atoms with E-state index in [1.165, 1.54) is 7.05 Å². The van der Waals surface area contributed by atoms with Gasteiger partial charge in [0.2, 0.25) is 0 Å². The first kappa shape index (κ1) is 8.04. The number of fused-ring (bicyclic) bond motifs is 1. The van der Waals surface area contributed by atoms with Crippen molar-refractivity contribution < 1.29 is 9.50 Å². The number of nitrogens with one attached hydrogen (secondary N) is 1. The molecular formula is C9H11N2O2+. The molecule has 1 aliphatic heterocycles. The minimum absolute atomic E-state index is 0.636. The molecule has 0 saturated heterocycles. The second-order valence-electron chi connectivity index (χ2n) is 2.95. The highest BCUT2D eigenvalue weighted by molar-refractivity contribution is 5.62. The second kappa shape index (κ2) is 3.05. The van der Waals surface area contributed by atoms with Crippen LogP contribution in [0.15, 0.2) is 18.2 Å². The van der Waals surface area contributed by atoms with E-state index in [2.05, 4.69) is 5.32 Å². The molecule has 1 aromatic rings. The number of hydrogen-bond acceptors (Lipinski definition) is 3. The molecule has 0 radical (unpaired) electrons. The average Bonchev–Trinajstić information content (AvgIpc) is 2.17. The molecule has 1 N–H and O–H groups in total. The van der Waals surface area contributed by atoms with Gasteiger partial charge in [-0.2, -0.15) is 0 Å². The quantitative estimate of drug-likeness (QED) is 0.665. The zero-order valence-electron chi connectivity index (χ0n) is 7.41. The molecule has 2 rings (SSSR count). The molecule has 0 aromatic heterocycles. The summed E-state index contributed by atoms with van der Waals surface area (Å²) in [6, 6.07) is 5.35. The van der Waals surface area contributed by atoms with Crippen molar-refractivity contribution in [1.82, 2.24) is 0 Å². The zero-order chi connectivity index (χ0) is 9.26. The van der Waals surface area contributed by atoms with E-state index < -0.39 is 0 Å². The number of rotatable bonds is 1. The molecule has 0 fully saturated rings. The molecule has 0 bridgehead atoms. The van der Waals surface area contributed by atoms with E-state index in [4.69, 9.17) is 4.74 Å². The van der Waals surface area contributed by atoms with Gasteiger partial charge in [-0.25, -0.2) is 0 Å². The number of nitrogens with zero attached hydrogens (tertiary/aromatic N) is 1. The van der Waals surface area contributed by atoms with Crippen LogP contribution < -0.4 is 10.1 Å². The van der Waals surface area contributed by atoms with Crippen molar-refractivity contribution in [3.05, 3.63) is 23.1 Å². The van der Waals surface area contributed by atoms with Crippen LogP contribution >= 0.6 is 0 Å². The molecule has 1 heterocycles.